The van der Waals surface area contributed by atoms with Crippen molar-refractivity contribution in [3.8, 4) is 0 Å². The van der Waals surface area contributed by atoms with E-state index >= 15 is 0 Å². The molecule has 4 aromatic carbocycles. The Hall–Kier alpha value is -6.07. The van der Waals surface area contributed by atoms with Gasteiger partial charge in [-0.1, -0.05) is 50.2 Å². The summed E-state index contributed by atoms with van der Waals surface area (Å²) in [6.07, 6.45) is 8.20. The number of nitrogens with zero attached hydrogens (tertiary/aromatic N) is 5. The summed E-state index contributed by atoms with van der Waals surface area (Å²) in [6, 6.07) is 19.5. The van der Waals surface area contributed by atoms with Gasteiger partial charge in [-0.05, 0) is 208 Å². The van der Waals surface area contributed by atoms with Gasteiger partial charge in [0.1, 0.15) is 40.6 Å². The van der Waals surface area contributed by atoms with Crippen LogP contribution in [0.15, 0.2) is 94.3 Å². The average Bonchev–Trinajstić information content (AvgIpc) is 0.812. The lowest BCUT2D eigenvalue weighted by Gasteiger charge is -2.38. The smallest absolute Gasteiger partial charge is 0.306 e. The van der Waals surface area contributed by atoms with Crippen molar-refractivity contribution < 1.29 is 51.9 Å². The monoisotopic (exact) mass is 1410 g/mol. The highest BCUT2D eigenvalue weighted by Gasteiger charge is 2.31. The summed E-state index contributed by atoms with van der Waals surface area (Å²) in [6.45, 7) is 29.4. The molecule has 506 valence electrons. The van der Waals surface area contributed by atoms with Gasteiger partial charge in [0.15, 0.2) is 0 Å². The van der Waals surface area contributed by atoms with Gasteiger partial charge in [0.2, 0.25) is 0 Å². The molecule has 0 saturated carbocycles. The van der Waals surface area contributed by atoms with E-state index in [1.54, 1.807) is 64.5 Å². The van der Waals surface area contributed by atoms with Crippen LogP contribution in [-0.4, -0.2) is 118 Å². The van der Waals surface area contributed by atoms with Crippen molar-refractivity contribution in [1.82, 2.24) is 20.3 Å². The number of carbonyl (C=O) groups excluding carboxylic acids is 2. The topological polar surface area (TPSA) is 223 Å². The minimum Gasteiger partial charge on any atom is -0.460 e. The van der Waals surface area contributed by atoms with Crippen molar-refractivity contribution in [3.63, 3.8) is 0 Å². The van der Waals surface area contributed by atoms with Crippen LogP contribution in [0.4, 0.5) is 34.6 Å². The number of anilines is 3. The fraction of sp³-hybridized carbons (Fsp3) is 0.507. The lowest BCUT2D eigenvalue weighted by Crippen LogP contribution is -2.46. The number of aryl methyl sites for hydroxylation is 3. The molecule has 0 spiro atoms. The standard InChI is InChI=1S/C22H29FN2O2.C16H20FN3.C12H23NO2.C10H7BrFN.C7H7BrFN.C3H8O3.CH4/c1-14-9-16(10-20(26)27-22(3,4)5)13-25(12-14)19-11-18(23)15(2)21-17(19)7-6-8-24-21;1-10-6-12(18)9-20(8-10)15-7-14(17)11(2)16-13(15)4-3-5-19-16;1-9-5-10(8-13-7-9)6-11(14)15-12(2,3)4;1-6-9(12)5-8(11)7-3-2-4-13-10(6)7;1-4-6(9)2-5(8)3-7(4)10;4-1-3(6)2-5;/h6-8,11,14,16H,9-10,12-13H2,1-5H3;3-5,7,10,12H,6,8-9,18H2,1-2H3;9-10,13H,5-8H2,1-4H3;2-5H,1H3;2-3H,10H2,1H3;3-6H,1-2H2;1H4/t14-,16-;10-,12+;9-,10-;;;;/m000..../s1. The van der Waals surface area contributed by atoms with E-state index in [2.05, 4.69) is 82.7 Å². The number of aliphatic hydroxyl groups excluding tert-OH is 3. The van der Waals surface area contributed by atoms with Gasteiger partial charge < -0.3 is 51.4 Å². The first-order valence-electron chi connectivity index (χ1n) is 31.0. The first-order chi connectivity index (χ1) is 42.7. The van der Waals surface area contributed by atoms with Crippen LogP contribution in [-0.2, 0) is 19.1 Å². The van der Waals surface area contributed by atoms with E-state index in [9.17, 15) is 27.2 Å². The molecule has 3 fully saturated rings. The third-order valence-electron chi connectivity index (χ3n) is 15.5. The van der Waals surface area contributed by atoms with Crippen molar-refractivity contribution in [2.75, 3.05) is 68.0 Å². The zero-order valence-electron chi connectivity index (χ0n) is 54.9. The molecule has 3 saturated heterocycles. The van der Waals surface area contributed by atoms with Crippen molar-refractivity contribution in [1.29, 1.82) is 0 Å². The lowest BCUT2D eigenvalue weighted by atomic mass is 9.87. The first kappa shape index (κ1) is 78.4. The molecule has 0 unspecified atom stereocenters. The number of aromatic nitrogens is 3. The summed E-state index contributed by atoms with van der Waals surface area (Å²) in [7, 11) is 0. The second kappa shape index (κ2) is 36.0. The minimum absolute atomic E-state index is 0. The van der Waals surface area contributed by atoms with Crippen molar-refractivity contribution >= 4 is 93.6 Å². The number of benzene rings is 4. The van der Waals surface area contributed by atoms with Crippen LogP contribution in [0.1, 0.15) is 124 Å². The van der Waals surface area contributed by atoms with E-state index in [0.29, 0.717) is 74.4 Å². The number of pyridine rings is 3. The Balaban J connectivity index is 0.000000248. The molecule has 8 N–H and O–H groups in total. The number of aliphatic hydroxyl groups is 3. The van der Waals surface area contributed by atoms with Crippen LogP contribution in [0.25, 0.3) is 32.7 Å². The predicted molar refractivity (Wildman–Crippen MR) is 372 cm³/mol. The minimum atomic E-state index is -0.954. The zero-order chi connectivity index (χ0) is 67.7. The van der Waals surface area contributed by atoms with Gasteiger partial charge in [-0.25, -0.2) is 17.6 Å². The molecule has 6 atom stereocenters. The largest absolute Gasteiger partial charge is 0.460 e. The molecule has 0 bridgehead atoms. The quantitative estimate of drug-likeness (QED) is 0.0473. The van der Waals surface area contributed by atoms with Crippen LogP contribution >= 0.6 is 31.9 Å². The van der Waals surface area contributed by atoms with Gasteiger partial charge in [-0.3, -0.25) is 24.5 Å². The number of halogens is 6. The molecule has 0 radical (unpaired) electrons. The van der Waals surface area contributed by atoms with Crippen LogP contribution in [0, 0.1) is 80.6 Å². The van der Waals surface area contributed by atoms with Crippen molar-refractivity contribution in [2.45, 2.75) is 153 Å². The van der Waals surface area contributed by atoms with Gasteiger partial charge >= 0.3 is 11.9 Å². The number of rotatable bonds is 8. The number of carbonyl (C=O) groups is 2. The summed E-state index contributed by atoms with van der Waals surface area (Å²) in [5.41, 5.74) is 17.4. The normalized spacial score (nSPS) is 18.9. The lowest BCUT2D eigenvalue weighted by molar-refractivity contribution is -0.157. The highest BCUT2D eigenvalue weighted by molar-refractivity contribution is 9.11. The molecular weight excluding hydrogens is 1310 g/mol. The Morgan fingerprint density at radius 3 is 1.46 bits per heavy atom. The van der Waals surface area contributed by atoms with E-state index in [0.717, 1.165) is 102 Å². The van der Waals surface area contributed by atoms with Gasteiger partial charge in [-0.2, -0.15) is 0 Å². The van der Waals surface area contributed by atoms with E-state index in [4.69, 9.17) is 36.3 Å². The van der Waals surface area contributed by atoms with Crippen LogP contribution in [0.3, 0.4) is 0 Å². The van der Waals surface area contributed by atoms with Crippen molar-refractivity contribution in [2.24, 2.45) is 35.3 Å². The number of ether oxygens (including phenoxy) is 2. The third-order valence-corrected chi connectivity index (χ3v) is 16.6. The first-order valence-corrected chi connectivity index (χ1v) is 32.5. The molecule has 3 aromatic heterocycles. The second-order valence-corrected chi connectivity index (χ2v) is 28.1. The average molecular weight is 1410 g/mol. The number of hydrogen-bond donors (Lipinski definition) is 6. The van der Waals surface area contributed by atoms with E-state index in [1.807, 2.05) is 77.9 Å². The van der Waals surface area contributed by atoms with Crippen LogP contribution in [0.5, 0.6) is 0 Å². The molecule has 7 aromatic rings. The zero-order valence-corrected chi connectivity index (χ0v) is 58.1. The molecule has 0 amide bonds. The van der Waals surface area contributed by atoms with Crippen LogP contribution in [0.2, 0.25) is 0 Å². The maximum Gasteiger partial charge on any atom is 0.306 e. The van der Waals surface area contributed by atoms with Gasteiger partial charge in [-0.15, -0.1) is 0 Å². The third kappa shape index (κ3) is 24.0. The fourth-order valence-corrected chi connectivity index (χ4v) is 12.3. The number of piperidine rings is 3. The Morgan fingerprint density at radius 2 is 1.02 bits per heavy atom. The second-order valence-electron chi connectivity index (χ2n) is 26.4. The Labute approximate surface area is 558 Å². The number of esters is 2. The van der Waals surface area contributed by atoms with E-state index in [-0.39, 0.29) is 73.4 Å². The Bertz CT molecular complexity index is 3500. The summed E-state index contributed by atoms with van der Waals surface area (Å²) < 4.78 is 66.9. The highest BCUT2D eigenvalue weighted by atomic mass is 79.9. The maximum atomic E-state index is 14.5. The molecule has 6 heterocycles. The molecular formula is C71H98Br2F4N8O7. The summed E-state index contributed by atoms with van der Waals surface area (Å²) in [5, 5.41) is 30.3. The molecule has 3 aliphatic rings. The Morgan fingerprint density at radius 1 is 0.609 bits per heavy atom. The summed E-state index contributed by atoms with van der Waals surface area (Å²) >= 11 is 6.43. The van der Waals surface area contributed by atoms with Crippen molar-refractivity contribution in [3.05, 3.63) is 140 Å². The molecule has 92 heavy (non-hydrogen) atoms. The molecule has 10 rings (SSSR count). The number of nitrogens with one attached hydrogen (secondary N) is 1. The summed E-state index contributed by atoms with van der Waals surface area (Å²) in [4.78, 5) is 41.1. The predicted octanol–water partition coefficient (Wildman–Crippen LogP) is 14.6. The van der Waals surface area contributed by atoms with Crippen LogP contribution < -0.4 is 26.6 Å². The van der Waals surface area contributed by atoms with E-state index < -0.39 is 11.7 Å². The van der Waals surface area contributed by atoms with Gasteiger partial charge in [0.05, 0.1) is 36.2 Å². The maximum absolute atomic E-state index is 14.5. The molecule has 0 aliphatic carbocycles. The number of hydrogen-bond acceptors (Lipinski definition) is 15. The number of nitrogens with two attached hydrogens (primary N) is 2. The van der Waals surface area contributed by atoms with E-state index in [1.165, 1.54) is 12.1 Å². The molecule has 15 nitrogen and oxygen atoms in total. The highest BCUT2D eigenvalue weighted by Crippen LogP contribution is 2.37. The fourth-order valence-electron chi connectivity index (χ4n) is 11.3. The van der Waals surface area contributed by atoms with Gasteiger partial charge in [0.25, 0.3) is 0 Å². The Kier molecular flexibility index (Phi) is 30.7. The SMILES string of the molecule is C.C[C@@H]1CNC[C@H](CC(=O)OC(C)(C)C)C1.Cc1c(F)cc(Br)c2cccnc12.Cc1c(F)cc(N2C[C@@H](C)C[C@@H](CC(=O)OC(C)(C)C)C2)c2cccnc12.Cc1c(F)cc(N2C[C@@H](C)C[C@@H](N)C2)c2cccnc12.Cc1c(N)cc(Br)cc1F.OCC(O)CO. The summed E-state index contributed by atoms with van der Waals surface area (Å²) in [5.74, 6) is 1.10. The van der Waals surface area contributed by atoms with Gasteiger partial charge in [0, 0.05) is 122 Å². The molecule has 21 heteroatoms. The number of fused-ring (bicyclic) bond motifs is 3. The number of nitrogen functional groups attached to an aromatic ring is 1. The molecule has 3 aliphatic heterocycles.